The van der Waals surface area contributed by atoms with Crippen LogP contribution in [0.25, 0.3) is 0 Å². The Morgan fingerprint density at radius 1 is 1.30 bits per heavy atom. The molecule has 0 aliphatic heterocycles. The molecule has 0 bridgehead atoms. The average Bonchev–Trinajstić information content (AvgIpc) is 2.55. The van der Waals surface area contributed by atoms with Crippen molar-refractivity contribution in [1.82, 2.24) is 0 Å². The summed E-state index contributed by atoms with van der Waals surface area (Å²) in [5.41, 5.74) is 0.942. The molecule has 0 fully saturated rings. The SMILES string of the molecule is C#CCOc1cc(F)ccc1NC(=O)CC(O)c1ccccc1. The van der Waals surface area contributed by atoms with Gasteiger partial charge in [-0.3, -0.25) is 4.79 Å². The molecule has 0 spiro atoms. The van der Waals surface area contributed by atoms with Gasteiger partial charge in [-0.15, -0.1) is 6.42 Å². The van der Waals surface area contributed by atoms with Crippen molar-refractivity contribution in [2.45, 2.75) is 12.5 Å². The Hall–Kier alpha value is -2.84. The zero-order chi connectivity index (χ0) is 16.7. The van der Waals surface area contributed by atoms with Crippen LogP contribution in [0.15, 0.2) is 48.5 Å². The van der Waals surface area contributed by atoms with Crippen LogP contribution in [0.2, 0.25) is 0 Å². The van der Waals surface area contributed by atoms with Gasteiger partial charge in [0, 0.05) is 6.07 Å². The number of amides is 1. The van der Waals surface area contributed by atoms with E-state index in [1.807, 2.05) is 6.07 Å². The average molecular weight is 313 g/mol. The molecule has 2 aromatic carbocycles. The number of nitrogens with one attached hydrogen (secondary N) is 1. The van der Waals surface area contributed by atoms with Gasteiger partial charge in [-0.1, -0.05) is 36.3 Å². The lowest BCUT2D eigenvalue weighted by atomic mass is 10.1. The third-order valence-electron chi connectivity index (χ3n) is 3.09. The minimum absolute atomic E-state index is 0.0427. The van der Waals surface area contributed by atoms with Gasteiger partial charge in [0.2, 0.25) is 5.91 Å². The first-order valence-electron chi connectivity index (χ1n) is 6.99. The lowest BCUT2D eigenvalue weighted by Gasteiger charge is -2.13. The van der Waals surface area contributed by atoms with Crippen molar-refractivity contribution in [3.05, 3.63) is 59.9 Å². The summed E-state index contributed by atoms with van der Waals surface area (Å²) >= 11 is 0. The van der Waals surface area contributed by atoms with Crippen LogP contribution in [0.5, 0.6) is 5.75 Å². The summed E-state index contributed by atoms with van der Waals surface area (Å²) in [6.45, 7) is -0.0427. The zero-order valence-electron chi connectivity index (χ0n) is 12.3. The van der Waals surface area contributed by atoms with Gasteiger partial charge in [-0.25, -0.2) is 4.39 Å². The quantitative estimate of drug-likeness (QED) is 0.806. The van der Waals surface area contributed by atoms with Crippen molar-refractivity contribution in [3.63, 3.8) is 0 Å². The summed E-state index contributed by atoms with van der Waals surface area (Å²) in [4.78, 5) is 12.0. The molecular weight excluding hydrogens is 297 g/mol. The largest absolute Gasteiger partial charge is 0.479 e. The highest BCUT2D eigenvalue weighted by molar-refractivity contribution is 5.92. The molecule has 1 amide bonds. The van der Waals surface area contributed by atoms with Crippen molar-refractivity contribution in [3.8, 4) is 18.1 Å². The van der Waals surface area contributed by atoms with Gasteiger partial charge in [0.25, 0.3) is 0 Å². The first-order valence-corrected chi connectivity index (χ1v) is 6.99. The van der Waals surface area contributed by atoms with Crippen LogP contribution in [0.3, 0.4) is 0 Å². The van der Waals surface area contributed by atoms with Crippen LogP contribution >= 0.6 is 0 Å². The van der Waals surface area contributed by atoms with Crippen molar-refractivity contribution >= 4 is 11.6 Å². The van der Waals surface area contributed by atoms with E-state index in [9.17, 15) is 14.3 Å². The molecular formula is C18H16FNO3. The van der Waals surface area contributed by atoms with E-state index in [1.54, 1.807) is 24.3 Å². The molecule has 1 atom stereocenters. The maximum Gasteiger partial charge on any atom is 0.227 e. The number of halogens is 1. The summed E-state index contributed by atoms with van der Waals surface area (Å²) < 4.78 is 18.5. The van der Waals surface area contributed by atoms with Gasteiger partial charge < -0.3 is 15.2 Å². The van der Waals surface area contributed by atoms with Crippen molar-refractivity contribution < 1.29 is 19.0 Å². The van der Waals surface area contributed by atoms with Gasteiger partial charge in [-0.2, -0.15) is 0 Å². The van der Waals surface area contributed by atoms with Crippen molar-refractivity contribution in [1.29, 1.82) is 0 Å². The fourth-order valence-electron chi connectivity index (χ4n) is 2.01. The molecule has 0 aromatic heterocycles. The number of anilines is 1. The molecule has 5 heteroatoms. The second kappa shape index (κ2) is 7.97. The highest BCUT2D eigenvalue weighted by Crippen LogP contribution is 2.26. The van der Waals surface area contributed by atoms with E-state index in [1.165, 1.54) is 12.1 Å². The molecule has 0 radical (unpaired) electrons. The van der Waals surface area contributed by atoms with Crippen LogP contribution in [0.1, 0.15) is 18.1 Å². The molecule has 0 aliphatic rings. The summed E-state index contributed by atoms with van der Waals surface area (Å²) in [7, 11) is 0. The fraction of sp³-hybridized carbons (Fsp3) is 0.167. The van der Waals surface area contributed by atoms with Crippen LogP contribution in [-0.2, 0) is 4.79 Å². The van der Waals surface area contributed by atoms with Gasteiger partial charge in [0.05, 0.1) is 18.2 Å². The predicted octanol–water partition coefficient (Wildman–Crippen LogP) is 2.90. The number of carbonyl (C=O) groups excluding carboxylic acids is 1. The fourth-order valence-corrected chi connectivity index (χ4v) is 2.01. The Morgan fingerprint density at radius 3 is 2.74 bits per heavy atom. The molecule has 2 N–H and O–H groups in total. The van der Waals surface area contributed by atoms with Crippen molar-refractivity contribution in [2.75, 3.05) is 11.9 Å². The lowest BCUT2D eigenvalue weighted by Crippen LogP contribution is -2.16. The van der Waals surface area contributed by atoms with Crippen LogP contribution in [0.4, 0.5) is 10.1 Å². The second-order valence-electron chi connectivity index (χ2n) is 4.81. The first kappa shape index (κ1) is 16.5. The molecule has 118 valence electrons. The minimum atomic E-state index is -0.924. The smallest absolute Gasteiger partial charge is 0.227 e. The number of aliphatic hydroxyl groups is 1. The van der Waals surface area contributed by atoms with E-state index in [-0.39, 0.29) is 18.8 Å². The molecule has 0 heterocycles. The molecule has 0 aliphatic carbocycles. The normalized spacial score (nSPS) is 11.3. The van der Waals surface area contributed by atoms with E-state index in [2.05, 4.69) is 11.2 Å². The summed E-state index contributed by atoms with van der Waals surface area (Å²) in [6.07, 6.45) is 4.05. The Balaban J connectivity index is 2.04. The number of benzene rings is 2. The predicted molar refractivity (Wildman–Crippen MR) is 85.4 cm³/mol. The summed E-state index contributed by atoms with van der Waals surface area (Å²) in [5, 5.41) is 12.6. The Morgan fingerprint density at radius 2 is 2.04 bits per heavy atom. The minimum Gasteiger partial charge on any atom is -0.479 e. The zero-order valence-corrected chi connectivity index (χ0v) is 12.3. The third kappa shape index (κ3) is 4.83. The number of aliphatic hydroxyl groups excluding tert-OH is 1. The van der Waals surface area contributed by atoms with Gasteiger partial charge in [0.1, 0.15) is 18.2 Å². The topological polar surface area (TPSA) is 58.6 Å². The van der Waals surface area contributed by atoms with Crippen LogP contribution < -0.4 is 10.1 Å². The van der Waals surface area contributed by atoms with Crippen LogP contribution in [-0.4, -0.2) is 17.6 Å². The van der Waals surface area contributed by atoms with Crippen molar-refractivity contribution in [2.24, 2.45) is 0 Å². The number of hydrogen-bond acceptors (Lipinski definition) is 3. The Bertz CT molecular complexity index is 710. The van der Waals surface area contributed by atoms with E-state index >= 15 is 0 Å². The molecule has 4 nitrogen and oxygen atoms in total. The van der Waals surface area contributed by atoms with Gasteiger partial charge >= 0.3 is 0 Å². The third-order valence-corrected chi connectivity index (χ3v) is 3.09. The number of terminal acetylenes is 1. The van der Waals surface area contributed by atoms with Crippen LogP contribution in [0, 0.1) is 18.2 Å². The standard InChI is InChI=1S/C18H16FNO3/c1-2-10-23-17-11-14(19)8-9-15(17)20-18(22)12-16(21)13-6-4-3-5-7-13/h1,3-9,11,16,21H,10,12H2,(H,20,22). The first-order chi connectivity index (χ1) is 11.1. The summed E-state index contributed by atoms with van der Waals surface area (Å²) in [6, 6.07) is 12.6. The lowest BCUT2D eigenvalue weighted by molar-refractivity contribution is -0.118. The van der Waals surface area contributed by atoms with Gasteiger partial charge in [-0.05, 0) is 17.7 Å². The van der Waals surface area contributed by atoms with E-state index in [0.29, 0.717) is 11.3 Å². The molecule has 2 aromatic rings. The molecule has 2 rings (SSSR count). The number of ether oxygens (including phenoxy) is 1. The highest BCUT2D eigenvalue weighted by atomic mass is 19.1. The molecule has 0 saturated carbocycles. The number of hydrogen-bond donors (Lipinski definition) is 2. The maximum absolute atomic E-state index is 13.3. The molecule has 1 unspecified atom stereocenters. The van der Waals surface area contributed by atoms with E-state index in [0.717, 1.165) is 6.07 Å². The van der Waals surface area contributed by atoms with E-state index in [4.69, 9.17) is 11.2 Å². The summed E-state index contributed by atoms with van der Waals surface area (Å²) in [5.74, 6) is 1.50. The van der Waals surface area contributed by atoms with Gasteiger partial charge in [0.15, 0.2) is 0 Å². The highest BCUT2D eigenvalue weighted by Gasteiger charge is 2.15. The molecule has 23 heavy (non-hydrogen) atoms. The Labute approximate surface area is 133 Å². The monoisotopic (exact) mass is 313 g/mol. The molecule has 0 saturated heterocycles. The maximum atomic E-state index is 13.3. The number of rotatable bonds is 6. The van der Waals surface area contributed by atoms with E-state index < -0.39 is 17.8 Å². The Kier molecular flexibility index (Phi) is 5.73. The second-order valence-corrected chi connectivity index (χ2v) is 4.81. The number of carbonyl (C=O) groups is 1.